The summed E-state index contributed by atoms with van der Waals surface area (Å²) >= 11 is 0. The van der Waals surface area contributed by atoms with Crippen LogP contribution in [0.2, 0.25) is 0 Å². The first-order valence-corrected chi connectivity index (χ1v) is 8.41. The highest BCUT2D eigenvalue weighted by molar-refractivity contribution is 5.91. The second kappa shape index (κ2) is 9.18. The van der Waals surface area contributed by atoms with Crippen LogP contribution in [0.15, 0.2) is 85.2 Å². The number of hydrogen-bond acceptors (Lipinski definition) is 3. The largest absolute Gasteiger partial charge is 0.489 e. The lowest BCUT2D eigenvalue weighted by atomic mass is 10.2. The van der Waals surface area contributed by atoms with Crippen LogP contribution in [-0.2, 0) is 17.9 Å². The number of hydrogen-bond donors (Lipinski definition) is 1. The first-order chi connectivity index (χ1) is 12.8. The molecule has 0 bridgehead atoms. The molecule has 0 saturated heterocycles. The zero-order chi connectivity index (χ0) is 18.0. The van der Waals surface area contributed by atoms with Crippen molar-refractivity contribution in [3.8, 4) is 5.75 Å². The van der Waals surface area contributed by atoms with E-state index < -0.39 is 0 Å². The van der Waals surface area contributed by atoms with Gasteiger partial charge in [0.25, 0.3) is 0 Å². The van der Waals surface area contributed by atoms with Crippen molar-refractivity contribution in [1.82, 2.24) is 10.3 Å². The molecule has 2 aromatic carbocycles. The highest BCUT2D eigenvalue weighted by atomic mass is 16.5. The molecule has 0 aliphatic rings. The van der Waals surface area contributed by atoms with Gasteiger partial charge in [-0.3, -0.25) is 9.78 Å². The zero-order valence-corrected chi connectivity index (χ0v) is 14.3. The maximum Gasteiger partial charge on any atom is 0.244 e. The van der Waals surface area contributed by atoms with Crippen molar-refractivity contribution < 1.29 is 9.53 Å². The molecule has 1 heterocycles. The van der Waals surface area contributed by atoms with E-state index in [4.69, 9.17) is 4.74 Å². The highest BCUT2D eigenvalue weighted by Crippen LogP contribution is 2.16. The Morgan fingerprint density at radius 1 is 0.962 bits per heavy atom. The Morgan fingerprint density at radius 3 is 2.58 bits per heavy atom. The van der Waals surface area contributed by atoms with Gasteiger partial charge in [-0.25, -0.2) is 0 Å². The van der Waals surface area contributed by atoms with Gasteiger partial charge in [-0.2, -0.15) is 0 Å². The Hall–Kier alpha value is -3.40. The first-order valence-electron chi connectivity index (χ1n) is 8.41. The minimum atomic E-state index is -0.141. The average molecular weight is 344 g/mol. The molecule has 0 spiro atoms. The summed E-state index contributed by atoms with van der Waals surface area (Å²) in [5, 5.41) is 2.85. The maximum atomic E-state index is 11.9. The maximum absolute atomic E-state index is 11.9. The summed E-state index contributed by atoms with van der Waals surface area (Å²) in [6.45, 7) is 0.992. The van der Waals surface area contributed by atoms with Gasteiger partial charge in [-0.15, -0.1) is 0 Å². The van der Waals surface area contributed by atoms with E-state index in [-0.39, 0.29) is 5.91 Å². The fourth-order valence-corrected chi connectivity index (χ4v) is 2.37. The topological polar surface area (TPSA) is 51.2 Å². The molecule has 1 aromatic heterocycles. The van der Waals surface area contributed by atoms with Crippen LogP contribution < -0.4 is 10.1 Å². The Balaban J connectivity index is 1.52. The number of pyridine rings is 1. The molecular formula is C22H20N2O2. The second-order valence-electron chi connectivity index (χ2n) is 5.75. The number of nitrogens with zero attached hydrogens (tertiary/aromatic N) is 1. The lowest BCUT2D eigenvalue weighted by Gasteiger charge is -2.07. The summed E-state index contributed by atoms with van der Waals surface area (Å²) in [6, 6.07) is 21.4. The van der Waals surface area contributed by atoms with E-state index >= 15 is 0 Å². The minimum absolute atomic E-state index is 0.141. The second-order valence-corrected chi connectivity index (χ2v) is 5.75. The number of amides is 1. The van der Waals surface area contributed by atoms with Crippen LogP contribution >= 0.6 is 0 Å². The average Bonchev–Trinajstić information content (AvgIpc) is 2.71. The molecule has 3 aromatic rings. The molecule has 1 amide bonds. The van der Waals surface area contributed by atoms with E-state index in [1.165, 1.54) is 6.08 Å². The zero-order valence-electron chi connectivity index (χ0n) is 14.3. The first kappa shape index (κ1) is 17.4. The summed E-state index contributed by atoms with van der Waals surface area (Å²) in [5.74, 6) is 0.630. The molecule has 0 atom stereocenters. The van der Waals surface area contributed by atoms with Crippen molar-refractivity contribution in [2.24, 2.45) is 0 Å². The molecule has 0 aliphatic heterocycles. The van der Waals surface area contributed by atoms with Gasteiger partial charge in [-0.1, -0.05) is 42.5 Å². The van der Waals surface area contributed by atoms with E-state index in [0.29, 0.717) is 13.2 Å². The molecule has 26 heavy (non-hydrogen) atoms. The summed E-state index contributed by atoms with van der Waals surface area (Å²) < 4.78 is 5.80. The quantitative estimate of drug-likeness (QED) is 0.659. The molecule has 130 valence electrons. The van der Waals surface area contributed by atoms with Crippen molar-refractivity contribution in [2.75, 3.05) is 0 Å². The molecule has 0 saturated carbocycles. The predicted molar refractivity (Wildman–Crippen MR) is 102 cm³/mol. The van der Waals surface area contributed by atoms with Gasteiger partial charge in [0.15, 0.2) is 0 Å². The van der Waals surface area contributed by atoms with E-state index in [2.05, 4.69) is 10.3 Å². The number of aromatic nitrogens is 1. The Bertz CT molecular complexity index is 862. The van der Waals surface area contributed by atoms with Gasteiger partial charge in [-0.05, 0) is 47.0 Å². The molecule has 1 N–H and O–H groups in total. The van der Waals surface area contributed by atoms with E-state index in [9.17, 15) is 4.79 Å². The van der Waals surface area contributed by atoms with Crippen LogP contribution in [0.5, 0.6) is 5.75 Å². The van der Waals surface area contributed by atoms with Crippen molar-refractivity contribution in [2.45, 2.75) is 13.2 Å². The molecule has 0 unspecified atom stereocenters. The van der Waals surface area contributed by atoms with Crippen molar-refractivity contribution in [3.05, 3.63) is 102 Å². The van der Waals surface area contributed by atoms with Crippen LogP contribution in [-0.4, -0.2) is 10.9 Å². The van der Waals surface area contributed by atoms with Crippen LogP contribution in [0.3, 0.4) is 0 Å². The van der Waals surface area contributed by atoms with Gasteiger partial charge >= 0.3 is 0 Å². The van der Waals surface area contributed by atoms with Crippen molar-refractivity contribution in [1.29, 1.82) is 0 Å². The van der Waals surface area contributed by atoms with Gasteiger partial charge in [0.2, 0.25) is 5.91 Å². The highest BCUT2D eigenvalue weighted by Gasteiger charge is 1.99. The number of ether oxygens (including phenoxy) is 1. The van der Waals surface area contributed by atoms with Crippen LogP contribution in [0.4, 0.5) is 0 Å². The van der Waals surface area contributed by atoms with Gasteiger partial charge in [0.1, 0.15) is 12.4 Å². The molecular weight excluding hydrogens is 324 g/mol. The van der Waals surface area contributed by atoms with E-state index in [1.807, 2.05) is 66.7 Å². The third-order valence-corrected chi connectivity index (χ3v) is 3.75. The molecule has 3 rings (SSSR count). The molecule has 0 aliphatic carbocycles. The summed E-state index contributed by atoms with van der Waals surface area (Å²) in [4.78, 5) is 15.9. The number of rotatable bonds is 7. The molecule has 0 radical (unpaired) electrons. The fraction of sp³-hybridized carbons (Fsp3) is 0.0909. The third-order valence-electron chi connectivity index (χ3n) is 3.75. The van der Waals surface area contributed by atoms with Gasteiger partial charge in [0.05, 0.1) is 0 Å². The Kier molecular flexibility index (Phi) is 6.15. The smallest absolute Gasteiger partial charge is 0.244 e. The number of carbonyl (C=O) groups excluding carboxylic acids is 1. The Morgan fingerprint density at radius 2 is 1.77 bits per heavy atom. The van der Waals surface area contributed by atoms with E-state index in [0.717, 1.165) is 22.4 Å². The van der Waals surface area contributed by atoms with Crippen molar-refractivity contribution in [3.63, 3.8) is 0 Å². The Labute approximate surface area is 153 Å². The summed E-state index contributed by atoms with van der Waals surface area (Å²) in [5.41, 5.74) is 3.04. The van der Waals surface area contributed by atoms with Crippen LogP contribution in [0.25, 0.3) is 6.08 Å². The molecule has 0 fully saturated rings. The summed E-state index contributed by atoms with van der Waals surface area (Å²) in [7, 11) is 0. The van der Waals surface area contributed by atoms with Crippen molar-refractivity contribution >= 4 is 12.0 Å². The standard InChI is InChI=1S/C22H20N2O2/c25-22(24-16-19-11-13-23-14-12-19)10-9-18-7-4-8-21(15-18)26-17-20-5-2-1-3-6-20/h1-15H,16-17H2,(H,24,25)/b10-9+. The SMILES string of the molecule is O=C(/C=C/c1cccc(OCc2ccccc2)c1)NCc1ccncc1. The number of benzene rings is 2. The summed E-state index contributed by atoms with van der Waals surface area (Å²) in [6.07, 6.45) is 6.71. The lowest BCUT2D eigenvalue weighted by molar-refractivity contribution is -0.116. The van der Waals surface area contributed by atoms with Gasteiger partial charge in [0, 0.05) is 25.0 Å². The predicted octanol–water partition coefficient (Wildman–Crippen LogP) is 3.99. The van der Waals surface area contributed by atoms with E-state index in [1.54, 1.807) is 18.5 Å². The van der Waals surface area contributed by atoms with Crippen LogP contribution in [0, 0.1) is 0 Å². The normalized spacial score (nSPS) is 10.6. The van der Waals surface area contributed by atoms with Crippen LogP contribution in [0.1, 0.15) is 16.7 Å². The minimum Gasteiger partial charge on any atom is -0.489 e. The van der Waals surface area contributed by atoms with Gasteiger partial charge < -0.3 is 10.1 Å². The monoisotopic (exact) mass is 344 g/mol. The number of carbonyl (C=O) groups is 1. The molecule has 4 nitrogen and oxygen atoms in total. The number of nitrogens with one attached hydrogen (secondary N) is 1. The third kappa shape index (κ3) is 5.60. The molecule has 4 heteroatoms. The lowest BCUT2D eigenvalue weighted by Crippen LogP contribution is -2.20. The fourth-order valence-electron chi connectivity index (χ4n) is 2.37.